The molecule has 1 aliphatic heterocycles. The monoisotopic (exact) mass is 314 g/mol. The molecule has 2 aromatic rings. The summed E-state index contributed by atoms with van der Waals surface area (Å²) in [7, 11) is 0. The molecule has 0 aliphatic carbocycles. The Labute approximate surface area is 135 Å². The van der Waals surface area contributed by atoms with Gasteiger partial charge in [-0.2, -0.15) is 0 Å². The van der Waals surface area contributed by atoms with Gasteiger partial charge < -0.3 is 20.3 Å². The maximum atomic E-state index is 6.04. The Morgan fingerprint density at radius 1 is 1.39 bits per heavy atom. The van der Waals surface area contributed by atoms with E-state index in [4.69, 9.17) is 15.0 Å². The number of aliphatic imine (C=N–C) groups is 1. The summed E-state index contributed by atoms with van der Waals surface area (Å²) in [4.78, 5) is 4.42. The third-order valence-electron chi connectivity index (χ3n) is 4.11. The van der Waals surface area contributed by atoms with Gasteiger partial charge in [0.15, 0.2) is 5.96 Å². The number of fused-ring (bicyclic) bond motifs is 1. The first-order chi connectivity index (χ1) is 11.1. The van der Waals surface area contributed by atoms with Crippen LogP contribution in [0.4, 0.5) is 0 Å². The number of ether oxygens (including phenoxy) is 1. The van der Waals surface area contributed by atoms with Crippen molar-refractivity contribution in [1.82, 2.24) is 10.5 Å². The van der Waals surface area contributed by atoms with Crippen molar-refractivity contribution in [3.63, 3.8) is 0 Å². The first-order valence-electron chi connectivity index (χ1n) is 7.85. The van der Waals surface area contributed by atoms with E-state index in [9.17, 15) is 0 Å². The normalized spacial score (nSPS) is 17.5. The van der Waals surface area contributed by atoms with Gasteiger partial charge in [-0.05, 0) is 26.3 Å². The quantitative estimate of drug-likeness (QED) is 0.668. The van der Waals surface area contributed by atoms with Gasteiger partial charge in [0, 0.05) is 24.1 Å². The minimum Gasteiger partial charge on any atom is -0.493 e. The summed E-state index contributed by atoms with van der Waals surface area (Å²) in [6.45, 7) is 5.14. The van der Waals surface area contributed by atoms with Crippen molar-refractivity contribution in [2.24, 2.45) is 10.7 Å². The number of nitrogens with two attached hydrogens (primary N) is 1. The number of nitrogens with zero attached hydrogens (tertiary/aromatic N) is 2. The molecular formula is C17H22N4O2. The number of benzene rings is 1. The summed E-state index contributed by atoms with van der Waals surface area (Å²) in [5.74, 6) is 2.22. The van der Waals surface area contributed by atoms with Crippen LogP contribution in [0.3, 0.4) is 0 Å². The maximum Gasteiger partial charge on any atom is 0.189 e. The van der Waals surface area contributed by atoms with E-state index in [1.807, 2.05) is 32.0 Å². The molecule has 3 rings (SSSR count). The Morgan fingerprint density at radius 2 is 2.22 bits per heavy atom. The number of guanidine groups is 1. The average Bonchev–Trinajstić information content (AvgIpc) is 2.87. The largest absolute Gasteiger partial charge is 0.493 e. The fourth-order valence-electron chi connectivity index (χ4n) is 2.86. The second kappa shape index (κ2) is 6.73. The minimum absolute atomic E-state index is 0.141. The van der Waals surface area contributed by atoms with Crippen molar-refractivity contribution in [3.8, 4) is 5.75 Å². The third-order valence-corrected chi connectivity index (χ3v) is 4.11. The number of rotatable bonds is 4. The van der Waals surface area contributed by atoms with Gasteiger partial charge in [0.2, 0.25) is 0 Å². The Kier molecular flexibility index (Phi) is 4.50. The summed E-state index contributed by atoms with van der Waals surface area (Å²) in [5.41, 5.74) is 9.19. The van der Waals surface area contributed by atoms with E-state index in [0.29, 0.717) is 19.1 Å². The highest BCUT2D eigenvalue weighted by atomic mass is 16.5. The summed E-state index contributed by atoms with van der Waals surface area (Å²) >= 11 is 0. The van der Waals surface area contributed by atoms with Crippen LogP contribution in [-0.2, 0) is 6.42 Å². The van der Waals surface area contributed by atoms with Crippen LogP contribution in [0, 0.1) is 13.8 Å². The van der Waals surface area contributed by atoms with Gasteiger partial charge in [-0.3, -0.25) is 4.99 Å². The lowest BCUT2D eigenvalue weighted by Crippen LogP contribution is -2.37. The summed E-state index contributed by atoms with van der Waals surface area (Å²) < 4.78 is 10.8. The van der Waals surface area contributed by atoms with E-state index in [1.165, 1.54) is 0 Å². The molecule has 23 heavy (non-hydrogen) atoms. The lowest BCUT2D eigenvalue weighted by molar-refractivity contribution is 0.262. The van der Waals surface area contributed by atoms with Gasteiger partial charge in [0.05, 0.1) is 18.3 Å². The van der Waals surface area contributed by atoms with Gasteiger partial charge in [0.25, 0.3) is 0 Å². The highest BCUT2D eigenvalue weighted by Gasteiger charge is 2.21. The molecule has 0 radical (unpaired) electrons. The van der Waals surface area contributed by atoms with Gasteiger partial charge in [0.1, 0.15) is 11.5 Å². The molecule has 1 aliphatic rings. The first kappa shape index (κ1) is 15.4. The Morgan fingerprint density at radius 3 is 3.00 bits per heavy atom. The number of hydrogen-bond donors (Lipinski definition) is 2. The molecule has 1 atom stereocenters. The Balaban J connectivity index is 1.60. The molecule has 6 heteroatoms. The van der Waals surface area contributed by atoms with E-state index in [0.717, 1.165) is 41.2 Å². The number of aromatic nitrogens is 1. The van der Waals surface area contributed by atoms with E-state index < -0.39 is 0 Å². The molecule has 2 heterocycles. The molecule has 1 aromatic carbocycles. The number of aryl methyl sites for hydroxylation is 2. The molecule has 0 fully saturated rings. The second-order valence-electron chi connectivity index (χ2n) is 5.69. The smallest absolute Gasteiger partial charge is 0.189 e. The van der Waals surface area contributed by atoms with Crippen molar-refractivity contribution in [2.75, 3.05) is 13.2 Å². The van der Waals surface area contributed by atoms with Crippen LogP contribution in [0.1, 0.15) is 35.0 Å². The van der Waals surface area contributed by atoms with Crippen LogP contribution in [0.15, 0.2) is 33.8 Å². The zero-order valence-corrected chi connectivity index (χ0v) is 13.5. The van der Waals surface area contributed by atoms with Gasteiger partial charge >= 0.3 is 0 Å². The van der Waals surface area contributed by atoms with Crippen molar-refractivity contribution in [2.45, 2.75) is 32.7 Å². The topological polar surface area (TPSA) is 85.7 Å². The molecule has 0 amide bonds. The van der Waals surface area contributed by atoms with Crippen LogP contribution in [0.5, 0.6) is 5.75 Å². The molecule has 122 valence electrons. The number of nitrogens with one attached hydrogen (secondary N) is 1. The molecular weight excluding hydrogens is 292 g/mol. The zero-order chi connectivity index (χ0) is 16.2. The predicted molar refractivity (Wildman–Crippen MR) is 88.6 cm³/mol. The standard InChI is InChI=1S/C17H22N4O2/c1-11-13(12(2)23-21-11)7-9-19-17(18)20-15-8-10-22-16-6-4-3-5-14(15)16/h3-6,15H,7-10H2,1-2H3,(H3,18,19,20). The van der Waals surface area contributed by atoms with Crippen molar-refractivity contribution < 1.29 is 9.26 Å². The molecule has 6 nitrogen and oxygen atoms in total. The highest BCUT2D eigenvalue weighted by molar-refractivity contribution is 5.78. The van der Waals surface area contributed by atoms with Crippen LogP contribution in [0.2, 0.25) is 0 Å². The van der Waals surface area contributed by atoms with Crippen molar-refractivity contribution in [1.29, 1.82) is 0 Å². The van der Waals surface area contributed by atoms with Crippen LogP contribution in [-0.4, -0.2) is 24.3 Å². The number of para-hydroxylation sites is 1. The van der Waals surface area contributed by atoms with Crippen molar-refractivity contribution in [3.05, 3.63) is 46.8 Å². The van der Waals surface area contributed by atoms with Crippen LogP contribution >= 0.6 is 0 Å². The highest BCUT2D eigenvalue weighted by Crippen LogP contribution is 2.31. The molecule has 0 saturated heterocycles. The third kappa shape index (κ3) is 3.47. The molecule has 1 unspecified atom stereocenters. The van der Waals surface area contributed by atoms with E-state index in [1.54, 1.807) is 0 Å². The van der Waals surface area contributed by atoms with E-state index in [-0.39, 0.29) is 6.04 Å². The lowest BCUT2D eigenvalue weighted by atomic mass is 10.0. The minimum atomic E-state index is 0.141. The Hall–Kier alpha value is -2.50. The summed E-state index contributed by atoms with van der Waals surface area (Å²) in [5, 5.41) is 7.24. The average molecular weight is 314 g/mol. The fraction of sp³-hybridized carbons (Fsp3) is 0.412. The van der Waals surface area contributed by atoms with Crippen molar-refractivity contribution >= 4 is 5.96 Å². The molecule has 1 aromatic heterocycles. The summed E-state index contributed by atoms with van der Waals surface area (Å²) in [6, 6.07) is 8.16. The molecule has 0 spiro atoms. The summed E-state index contributed by atoms with van der Waals surface area (Å²) in [6.07, 6.45) is 1.64. The first-order valence-corrected chi connectivity index (χ1v) is 7.85. The SMILES string of the molecule is Cc1noc(C)c1CCN=C(N)NC1CCOc2ccccc21. The maximum absolute atomic E-state index is 6.04. The molecule has 0 bridgehead atoms. The van der Waals surface area contributed by atoms with Crippen LogP contribution in [0.25, 0.3) is 0 Å². The number of hydrogen-bond acceptors (Lipinski definition) is 4. The van der Waals surface area contributed by atoms with Gasteiger partial charge in [-0.15, -0.1) is 0 Å². The predicted octanol–water partition coefficient (Wildman–Crippen LogP) is 2.26. The lowest BCUT2D eigenvalue weighted by Gasteiger charge is -2.26. The van der Waals surface area contributed by atoms with E-state index in [2.05, 4.69) is 21.5 Å². The molecule has 3 N–H and O–H groups in total. The van der Waals surface area contributed by atoms with E-state index >= 15 is 0 Å². The Bertz CT molecular complexity index is 689. The molecule has 0 saturated carbocycles. The fourth-order valence-corrected chi connectivity index (χ4v) is 2.86. The van der Waals surface area contributed by atoms with Gasteiger partial charge in [-0.1, -0.05) is 23.4 Å². The zero-order valence-electron chi connectivity index (χ0n) is 13.5. The van der Waals surface area contributed by atoms with Crippen LogP contribution < -0.4 is 15.8 Å². The van der Waals surface area contributed by atoms with Gasteiger partial charge in [-0.25, -0.2) is 0 Å². The second-order valence-corrected chi connectivity index (χ2v) is 5.69.